The van der Waals surface area contributed by atoms with Gasteiger partial charge < -0.3 is 10.6 Å². The normalized spacial score (nSPS) is 24.0. The number of halogens is 1. The van der Waals surface area contributed by atoms with E-state index < -0.39 is 0 Å². The number of hydrogen-bond acceptors (Lipinski definition) is 5. The van der Waals surface area contributed by atoms with Crippen LogP contribution in [-0.4, -0.2) is 38.4 Å². The van der Waals surface area contributed by atoms with Crippen LogP contribution in [0.25, 0.3) is 0 Å². The minimum atomic E-state index is 0. The van der Waals surface area contributed by atoms with Crippen molar-refractivity contribution < 1.29 is 9.68 Å². The van der Waals surface area contributed by atoms with Gasteiger partial charge in [-0.2, -0.15) is 0 Å². The van der Waals surface area contributed by atoms with Crippen LogP contribution in [0.3, 0.4) is 0 Å². The summed E-state index contributed by atoms with van der Waals surface area (Å²) in [5, 5.41) is 6.19. The van der Waals surface area contributed by atoms with E-state index in [9.17, 15) is 0 Å². The van der Waals surface area contributed by atoms with E-state index in [0.29, 0.717) is 0 Å². The second kappa shape index (κ2) is 4.96. The zero-order valence-corrected chi connectivity index (χ0v) is 7.52. The summed E-state index contributed by atoms with van der Waals surface area (Å²) in [4.78, 5) is 10.2. The summed E-state index contributed by atoms with van der Waals surface area (Å²) in [6.07, 6.45) is 0.561. The maximum atomic E-state index is 5.12. The molecule has 0 aromatic carbocycles. The maximum Gasteiger partial charge on any atom is 0.106 e. The van der Waals surface area contributed by atoms with E-state index in [4.69, 9.17) is 9.68 Å². The molecular weight excluding hydrogens is 182 g/mol. The van der Waals surface area contributed by atoms with Crippen molar-refractivity contribution >= 4 is 12.4 Å². The van der Waals surface area contributed by atoms with Crippen LogP contribution in [0.1, 0.15) is 0 Å². The third-order valence-electron chi connectivity index (χ3n) is 1.92. The highest BCUT2D eigenvalue weighted by Gasteiger charge is 2.20. The average molecular weight is 196 g/mol. The summed E-state index contributed by atoms with van der Waals surface area (Å²) in [6, 6.07) is 0. The molecule has 72 valence electrons. The summed E-state index contributed by atoms with van der Waals surface area (Å²) in [6.45, 7) is 3.66. The van der Waals surface area contributed by atoms with Crippen molar-refractivity contribution in [1.82, 2.24) is 16.3 Å². The fourth-order valence-corrected chi connectivity index (χ4v) is 0.855. The first-order valence-electron chi connectivity index (χ1n) is 3.93. The molecule has 0 aliphatic carbocycles. The molecule has 2 saturated heterocycles. The monoisotopic (exact) mass is 195 g/mol. The highest BCUT2D eigenvalue weighted by molar-refractivity contribution is 5.85. The fourth-order valence-electron chi connectivity index (χ4n) is 0.855. The lowest BCUT2D eigenvalue weighted by atomic mass is 10.2. The van der Waals surface area contributed by atoms with Gasteiger partial charge in [-0.1, -0.05) is 5.64 Å². The van der Waals surface area contributed by atoms with Gasteiger partial charge >= 0.3 is 0 Å². The molecule has 12 heavy (non-hydrogen) atoms. The molecule has 0 aromatic heterocycles. The van der Waals surface area contributed by atoms with Gasteiger partial charge in [-0.15, -0.1) is 12.4 Å². The average Bonchev–Trinajstić information content (AvgIpc) is 1.79. The maximum absolute atomic E-state index is 5.12. The van der Waals surface area contributed by atoms with E-state index in [-0.39, 0.29) is 24.6 Å². The first kappa shape index (κ1) is 10.2. The van der Waals surface area contributed by atoms with Crippen molar-refractivity contribution in [2.75, 3.05) is 26.2 Å². The third kappa shape index (κ3) is 2.55. The molecule has 3 N–H and O–H groups in total. The molecule has 0 spiro atoms. The highest BCUT2D eigenvalue weighted by Crippen LogP contribution is 1.98. The van der Waals surface area contributed by atoms with Crippen molar-refractivity contribution in [1.29, 1.82) is 0 Å². The lowest BCUT2D eigenvalue weighted by Crippen LogP contribution is -2.54. The Balaban J connectivity index is 0.000000720. The first-order chi connectivity index (χ1) is 5.45. The van der Waals surface area contributed by atoms with Gasteiger partial charge in [0.2, 0.25) is 0 Å². The molecule has 0 aromatic rings. The Hall–Kier alpha value is 0.0900. The molecule has 0 amide bonds. The molecule has 0 atom stereocenters. The van der Waals surface area contributed by atoms with Crippen LogP contribution in [0.5, 0.6) is 0 Å². The lowest BCUT2D eigenvalue weighted by Gasteiger charge is -2.30. The van der Waals surface area contributed by atoms with Gasteiger partial charge in [-0.3, -0.25) is 9.68 Å². The summed E-state index contributed by atoms with van der Waals surface area (Å²) in [5.74, 6) is 0. The van der Waals surface area contributed by atoms with Crippen LogP contribution in [0.15, 0.2) is 0 Å². The Morgan fingerprint density at radius 2 is 1.33 bits per heavy atom. The second-order valence-electron chi connectivity index (χ2n) is 2.88. The minimum Gasteiger partial charge on any atom is -0.311 e. The van der Waals surface area contributed by atoms with E-state index >= 15 is 0 Å². The Kier molecular flexibility index (Phi) is 4.20. The van der Waals surface area contributed by atoms with Gasteiger partial charge in [-0.05, 0) is 0 Å². The third-order valence-corrected chi connectivity index (χ3v) is 1.92. The van der Waals surface area contributed by atoms with Crippen molar-refractivity contribution in [2.45, 2.75) is 12.2 Å². The van der Waals surface area contributed by atoms with E-state index in [2.05, 4.69) is 16.3 Å². The molecule has 0 radical (unpaired) electrons. The topological polar surface area (TPSA) is 54.5 Å². The number of nitrogens with one attached hydrogen (secondary N) is 3. The zero-order chi connectivity index (χ0) is 7.52. The lowest BCUT2D eigenvalue weighted by molar-refractivity contribution is -0.235. The summed E-state index contributed by atoms with van der Waals surface area (Å²) >= 11 is 0. The fraction of sp³-hybridized carbons (Fsp3) is 1.00. The molecule has 2 rings (SSSR count). The number of rotatable bonds is 4. The molecule has 0 saturated carbocycles. The van der Waals surface area contributed by atoms with Gasteiger partial charge in [0, 0.05) is 26.2 Å². The van der Waals surface area contributed by atoms with Crippen molar-refractivity contribution in [3.8, 4) is 0 Å². The highest BCUT2D eigenvalue weighted by atomic mass is 35.5. The first-order valence-corrected chi connectivity index (χ1v) is 3.93. The van der Waals surface area contributed by atoms with Gasteiger partial charge in [0.15, 0.2) is 0 Å². The van der Waals surface area contributed by atoms with Crippen LogP contribution in [-0.2, 0) is 9.68 Å². The van der Waals surface area contributed by atoms with Gasteiger partial charge in [0.05, 0.1) is 0 Å². The predicted molar refractivity (Wildman–Crippen MR) is 45.9 cm³/mol. The van der Waals surface area contributed by atoms with Gasteiger partial charge in [0.1, 0.15) is 12.2 Å². The minimum absolute atomic E-state index is 0. The molecule has 0 bridgehead atoms. The Morgan fingerprint density at radius 1 is 0.917 bits per heavy atom. The summed E-state index contributed by atoms with van der Waals surface area (Å²) in [5.41, 5.74) is 2.51. The summed E-state index contributed by atoms with van der Waals surface area (Å²) < 4.78 is 0. The smallest absolute Gasteiger partial charge is 0.106 e. The quantitative estimate of drug-likeness (QED) is 0.493. The van der Waals surface area contributed by atoms with Crippen LogP contribution in [0.4, 0.5) is 0 Å². The van der Waals surface area contributed by atoms with E-state index in [1.165, 1.54) is 0 Å². The van der Waals surface area contributed by atoms with Crippen LogP contribution in [0, 0.1) is 0 Å². The molecule has 2 heterocycles. The molecule has 6 heteroatoms. The van der Waals surface area contributed by atoms with Crippen LogP contribution < -0.4 is 16.3 Å². The molecule has 0 unspecified atom stereocenters. The number of hydrogen-bond donors (Lipinski definition) is 3. The van der Waals surface area contributed by atoms with Crippen LogP contribution in [0.2, 0.25) is 0 Å². The largest absolute Gasteiger partial charge is 0.311 e. The van der Waals surface area contributed by atoms with E-state index in [1.807, 2.05) is 0 Å². The van der Waals surface area contributed by atoms with E-state index in [0.717, 1.165) is 26.2 Å². The zero-order valence-electron chi connectivity index (χ0n) is 6.71. The van der Waals surface area contributed by atoms with Crippen molar-refractivity contribution in [2.24, 2.45) is 0 Å². The van der Waals surface area contributed by atoms with E-state index in [1.54, 1.807) is 0 Å². The Morgan fingerprint density at radius 3 is 1.58 bits per heavy atom. The van der Waals surface area contributed by atoms with Crippen LogP contribution >= 0.6 is 12.4 Å². The van der Waals surface area contributed by atoms with Gasteiger partial charge in [-0.25, -0.2) is 0 Å². The molecular formula is C6H14ClN3O2. The Bertz CT molecular complexity index is 116. The summed E-state index contributed by atoms with van der Waals surface area (Å²) in [7, 11) is 0. The molecule has 5 nitrogen and oxygen atoms in total. The van der Waals surface area contributed by atoms with Gasteiger partial charge in [0.25, 0.3) is 0 Å². The Labute approximate surface area is 77.5 Å². The van der Waals surface area contributed by atoms with Crippen molar-refractivity contribution in [3.05, 3.63) is 0 Å². The van der Waals surface area contributed by atoms with Crippen molar-refractivity contribution in [3.63, 3.8) is 0 Å². The second-order valence-corrected chi connectivity index (χ2v) is 2.88. The SMILES string of the molecule is C1NCC1ONOC1CNC1.Cl. The molecule has 2 fully saturated rings. The molecule has 2 aliphatic heterocycles. The predicted octanol–water partition coefficient (Wildman–Crippen LogP) is -1.20. The molecule has 2 aliphatic rings. The standard InChI is InChI=1S/C6H13N3O2.ClH/c1-5(2-7-1)10-9-11-6-3-8-4-6;/h5-9H,1-4H2;1H.